The van der Waals surface area contributed by atoms with Crippen molar-refractivity contribution in [2.24, 2.45) is 41.4 Å². The van der Waals surface area contributed by atoms with Crippen molar-refractivity contribution >= 4 is 0 Å². The van der Waals surface area contributed by atoms with Crippen molar-refractivity contribution in [3.05, 3.63) is 24.1 Å². The standard InChI is InChI=1S/C28H42F4O2/c1-19-17-33-27(34-18-19)25-10-6-21(7-11-25)3-2-20-4-8-22(9-5-20)23-12-14-24(15-13-23)26(29)16-28(30,31)32/h2-3,16,19-25,27H,4-15,17-18H2,1H3/b3-2+,26-16-. The predicted octanol–water partition coefficient (Wildman–Crippen LogP) is 8.39. The van der Waals surface area contributed by atoms with Gasteiger partial charge in [0.05, 0.1) is 19.3 Å². The first-order valence-electron chi connectivity index (χ1n) is 13.6. The fourth-order valence-corrected chi connectivity index (χ4v) is 6.76. The summed E-state index contributed by atoms with van der Waals surface area (Å²) >= 11 is 0. The summed E-state index contributed by atoms with van der Waals surface area (Å²) < 4.78 is 63.0. The highest BCUT2D eigenvalue weighted by Crippen LogP contribution is 2.44. The second-order valence-electron chi connectivity index (χ2n) is 11.6. The van der Waals surface area contributed by atoms with Crippen molar-refractivity contribution in [1.82, 2.24) is 0 Å². The first-order chi connectivity index (χ1) is 16.3. The van der Waals surface area contributed by atoms with E-state index in [9.17, 15) is 17.6 Å². The fraction of sp³-hybridized carbons (Fsp3) is 0.857. The van der Waals surface area contributed by atoms with Gasteiger partial charge in [0.25, 0.3) is 0 Å². The molecule has 194 valence electrons. The molecule has 0 amide bonds. The van der Waals surface area contributed by atoms with Crippen LogP contribution in [0.5, 0.6) is 0 Å². The highest BCUT2D eigenvalue weighted by molar-refractivity contribution is 5.03. The lowest BCUT2D eigenvalue weighted by Gasteiger charge is -2.37. The van der Waals surface area contributed by atoms with Gasteiger partial charge in [-0.05, 0) is 101 Å². The van der Waals surface area contributed by atoms with E-state index in [4.69, 9.17) is 9.47 Å². The van der Waals surface area contributed by atoms with Crippen LogP contribution < -0.4 is 0 Å². The van der Waals surface area contributed by atoms with Crippen LogP contribution in [0.2, 0.25) is 0 Å². The van der Waals surface area contributed by atoms with Gasteiger partial charge in [0.15, 0.2) is 6.29 Å². The maximum atomic E-state index is 13.9. The Bertz CT molecular complexity index is 671. The monoisotopic (exact) mass is 486 g/mol. The van der Waals surface area contributed by atoms with Gasteiger partial charge in [-0.25, -0.2) is 4.39 Å². The predicted molar refractivity (Wildman–Crippen MR) is 126 cm³/mol. The van der Waals surface area contributed by atoms with Crippen LogP contribution in [0, 0.1) is 41.4 Å². The van der Waals surface area contributed by atoms with Crippen LogP contribution in [-0.4, -0.2) is 25.7 Å². The van der Waals surface area contributed by atoms with Gasteiger partial charge >= 0.3 is 6.18 Å². The summed E-state index contributed by atoms with van der Waals surface area (Å²) in [6.45, 7) is 3.80. The van der Waals surface area contributed by atoms with E-state index in [0.29, 0.717) is 48.3 Å². The minimum atomic E-state index is -4.55. The summed E-state index contributed by atoms with van der Waals surface area (Å²) in [7, 11) is 0. The summed E-state index contributed by atoms with van der Waals surface area (Å²) in [5.41, 5.74) is 0. The number of alkyl halides is 3. The molecule has 4 fully saturated rings. The van der Waals surface area contributed by atoms with Crippen molar-refractivity contribution in [2.45, 2.75) is 96.4 Å². The summed E-state index contributed by atoms with van der Waals surface area (Å²) in [5.74, 6) is 2.09. The summed E-state index contributed by atoms with van der Waals surface area (Å²) in [6, 6.07) is 0. The van der Waals surface area contributed by atoms with E-state index >= 15 is 0 Å². The van der Waals surface area contributed by atoms with Gasteiger partial charge in [-0.15, -0.1) is 0 Å². The van der Waals surface area contributed by atoms with Gasteiger partial charge in [-0.3, -0.25) is 0 Å². The Labute approximate surface area is 202 Å². The van der Waals surface area contributed by atoms with E-state index in [1.165, 1.54) is 51.4 Å². The van der Waals surface area contributed by atoms with Crippen molar-refractivity contribution in [1.29, 1.82) is 0 Å². The first-order valence-corrected chi connectivity index (χ1v) is 13.6. The molecule has 4 rings (SSSR count). The van der Waals surface area contributed by atoms with E-state index in [1.807, 2.05) is 0 Å². The number of halogens is 4. The molecule has 3 aliphatic carbocycles. The van der Waals surface area contributed by atoms with E-state index < -0.39 is 17.9 Å². The van der Waals surface area contributed by atoms with Crippen LogP contribution >= 0.6 is 0 Å². The molecule has 34 heavy (non-hydrogen) atoms. The van der Waals surface area contributed by atoms with E-state index in [-0.39, 0.29) is 12.4 Å². The molecule has 0 aromatic carbocycles. The van der Waals surface area contributed by atoms with Crippen LogP contribution in [0.25, 0.3) is 0 Å². The maximum Gasteiger partial charge on any atom is 0.412 e. The highest BCUT2D eigenvalue weighted by Gasteiger charge is 2.34. The third kappa shape index (κ3) is 7.56. The van der Waals surface area contributed by atoms with Gasteiger partial charge in [-0.1, -0.05) is 19.1 Å². The zero-order chi connectivity index (χ0) is 24.1. The fourth-order valence-electron chi connectivity index (χ4n) is 6.76. The Hall–Kier alpha value is -0.880. The molecule has 4 aliphatic rings. The van der Waals surface area contributed by atoms with Gasteiger partial charge in [0.1, 0.15) is 5.83 Å². The summed E-state index contributed by atoms with van der Waals surface area (Å²) in [5, 5.41) is 0. The Morgan fingerprint density at radius 2 is 1.12 bits per heavy atom. The average Bonchev–Trinajstić information content (AvgIpc) is 2.83. The van der Waals surface area contributed by atoms with Crippen molar-refractivity contribution < 1.29 is 27.0 Å². The van der Waals surface area contributed by atoms with Crippen LogP contribution in [-0.2, 0) is 9.47 Å². The molecular weight excluding hydrogens is 444 g/mol. The largest absolute Gasteiger partial charge is 0.412 e. The van der Waals surface area contributed by atoms with E-state index in [2.05, 4.69) is 19.1 Å². The molecule has 0 aromatic heterocycles. The van der Waals surface area contributed by atoms with Crippen molar-refractivity contribution in [3.63, 3.8) is 0 Å². The van der Waals surface area contributed by atoms with Crippen molar-refractivity contribution in [3.8, 4) is 0 Å². The smallest absolute Gasteiger partial charge is 0.352 e. The molecule has 0 aromatic rings. The third-order valence-corrected chi connectivity index (χ3v) is 8.89. The molecule has 1 heterocycles. The van der Waals surface area contributed by atoms with Crippen LogP contribution in [0.1, 0.15) is 84.0 Å². The molecule has 0 N–H and O–H groups in total. The topological polar surface area (TPSA) is 18.5 Å². The Kier molecular flexibility index (Phi) is 9.17. The molecule has 0 radical (unpaired) electrons. The molecule has 0 unspecified atom stereocenters. The zero-order valence-corrected chi connectivity index (χ0v) is 20.6. The molecule has 0 atom stereocenters. The summed E-state index contributed by atoms with van der Waals surface area (Å²) in [4.78, 5) is 0. The Morgan fingerprint density at radius 1 is 0.676 bits per heavy atom. The molecular formula is C28H42F4O2. The molecule has 2 nitrogen and oxygen atoms in total. The number of rotatable bonds is 5. The summed E-state index contributed by atoms with van der Waals surface area (Å²) in [6.07, 6.45) is 12.7. The Morgan fingerprint density at radius 3 is 1.59 bits per heavy atom. The quantitative estimate of drug-likeness (QED) is 0.287. The SMILES string of the molecule is CC1COC(C2CCC(/C=C/C3CCC(C4CCC(/C(F)=C/C(F)(F)F)CC4)CC3)CC2)OC1. The van der Waals surface area contributed by atoms with E-state index in [0.717, 1.165) is 26.1 Å². The third-order valence-electron chi connectivity index (χ3n) is 8.89. The lowest BCUT2D eigenvalue weighted by molar-refractivity contribution is -0.226. The lowest BCUT2D eigenvalue weighted by Crippen LogP contribution is -2.37. The molecule has 0 bridgehead atoms. The number of allylic oxidation sites excluding steroid dienone is 4. The lowest BCUT2D eigenvalue weighted by atomic mass is 9.69. The van der Waals surface area contributed by atoms with E-state index in [1.54, 1.807) is 0 Å². The molecule has 6 heteroatoms. The minimum Gasteiger partial charge on any atom is -0.352 e. The normalized spacial score (nSPS) is 41.0. The number of ether oxygens (including phenoxy) is 2. The van der Waals surface area contributed by atoms with Gasteiger partial charge < -0.3 is 9.47 Å². The zero-order valence-electron chi connectivity index (χ0n) is 20.6. The van der Waals surface area contributed by atoms with Gasteiger partial charge in [0, 0.05) is 17.8 Å². The molecule has 1 aliphatic heterocycles. The second-order valence-corrected chi connectivity index (χ2v) is 11.6. The first kappa shape index (κ1) is 26.2. The van der Waals surface area contributed by atoms with Crippen LogP contribution in [0.15, 0.2) is 24.1 Å². The van der Waals surface area contributed by atoms with Gasteiger partial charge in [0.2, 0.25) is 0 Å². The highest BCUT2D eigenvalue weighted by atomic mass is 19.4. The van der Waals surface area contributed by atoms with Crippen LogP contribution in [0.4, 0.5) is 17.6 Å². The molecule has 0 spiro atoms. The van der Waals surface area contributed by atoms with Crippen LogP contribution in [0.3, 0.4) is 0 Å². The maximum absolute atomic E-state index is 13.9. The molecule has 3 saturated carbocycles. The Balaban J connectivity index is 1.13. The average molecular weight is 487 g/mol. The van der Waals surface area contributed by atoms with Gasteiger partial charge in [-0.2, -0.15) is 13.2 Å². The number of hydrogen-bond donors (Lipinski definition) is 0. The number of hydrogen-bond acceptors (Lipinski definition) is 2. The molecule has 1 saturated heterocycles. The minimum absolute atomic E-state index is 0.00336. The second kappa shape index (κ2) is 11.9. The van der Waals surface area contributed by atoms with Crippen molar-refractivity contribution in [2.75, 3.05) is 13.2 Å².